The van der Waals surface area contributed by atoms with Gasteiger partial charge in [-0.25, -0.2) is 8.42 Å². The molecule has 1 fully saturated rings. The van der Waals surface area contributed by atoms with Crippen molar-refractivity contribution in [1.29, 1.82) is 0 Å². The summed E-state index contributed by atoms with van der Waals surface area (Å²) in [6, 6.07) is 18.1. The molecule has 3 nitrogen and oxygen atoms in total. The Hall–Kier alpha value is -2.54. The van der Waals surface area contributed by atoms with Gasteiger partial charge in [0.25, 0.3) is 0 Å². The summed E-state index contributed by atoms with van der Waals surface area (Å²) in [6.07, 6.45) is -3.85. The average Bonchev–Trinajstić information content (AvgIpc) is 2.73. The molecule has 7 heteroatoms. The quantitative estimate of drug-likeness (QED) is 0.578. The van der Waals surface area contributed by atoms with E-state index in [2.05, 4.69) is 0 Å². The van der Waals surface area contributed by atoms with Gasteiger partial charge in [0.2, 0.25) is 0 Å². The van der Waals surface area contributed by atoms with Crippen molar-refractivity contribution < 1.29 is 21.6 Å². The summed E-state index contributed by atoms with van der Waals surface area (Å²) < 4.78 is 66.1. The molecule has 0 radical (unpaired) electrons. The Labute approximate surface area is 167 Å². The largest absolute Gasteiger partial charge is 0.418 e. The van der Waals surface area contributed by atoms with Gasteiger partial charge in [0, 0.05) is 18.8 Å². The van der Waals surface area contributed by atoms with E-state index in [0.29, 0.717) is 12.8 Å². The summed E-state index contributed by atoms with van der Waals surface area (Å²) in [7, 11) is -3.55. The van der Waals surface area contributed by atoms with E-state index in [1.807, 2.05) is 24.3 Å². The lowest BCUT2D eigenvalue weighted by Crippen LogP contribution is -2.40. The number of benzene rings is 3. The second-order valence-electron chi connectivity index (χ2n) is 7.26. The maximum absolute atomic E-state index is 13.3. The third-order valence-electron chi connectivity index (χ3n) is 5.48. The Kier molecular flexibility index (Phi) is 5.02. The number of rotatable bonds is 3. The van der Waals surface area contributed by atoms with Gasteiger partial charge in [-0.15, -0.1) is 0 Å². The van der Waals surface area contributed by atoms with Crippen LogP contribution in [0, 0.1) is 0 Å². The highest BCUT2D eigenvalue weighted by molar-refractivity contribution is 7.92. The molecule has 1 aliphatic rings. The summed E-state index contributed by atoms with van der Waals surface area (Å²) >= 11 is 0. The van der Waals surface area contributed by atoms with E-state index in [1.165, 1.54) is 12.1 Å². The van der Waals surface area contributed by atoms with Crippen LogP contribution in [0.1, 0.15) is 18.4 Å². The van der Waals surface area contributed by atoms with Gasteiger partial charge in [0.1, 0.15) is 0 Å². The minimum Gasteiger partial charge on any atom is -0.371 e. The van der Waals surface area contributed by atoms with E-state index < -0.39 is 26.8 Å². The molecule has 0 amide bonds. The van der Waals surface area contributed by atoms with Crippen molar-refractivity contribution in [3.8, 4) is 0 Å². The molecule has 0 unspecified atom stereocenters. The number of hydrogen-bond donors (Lipinski definition) is 0. The predicted octanol–water partition coefficient (Wildman–Crippen LogP) is 5.30. The van der Waals surface area contributed by atoms with Gasteiger partial charge < -0.3 is 4.90 Å². The molecule has 152 valence electrons. The van der Waals surface area contributed by atoms with Gasteiger partial charge in [-0.3, -0.25) is 0 Å². The number of fused-ring (bicyclic) bond motifs is 1. The Morgan fingerprint density at radius 1 is 0.828 bits per heavy atom. The van der Waals surface area contributed by atoms with Crippen LogP contribution < -0.4 is 4.90 Å². The highest BCUT2D eigenvalue weighted by atomic mass is 32.2. The molecular weight excluding hydrogens is 399 g/mol. The molecular formula is C22H20F3NO2S. The zero-order valence-electron chi connectivity index (χ0n) is 15.6. The molecule has 1 saturated heterocycles. The first-order valence-corrected chi connectivity index (χ1v) is 11.0. The SMILES string of the molecule is O=S(=O)(c1ccc2ccccc2c1)C1CCN(c2ccccc2C(F)(F)F)CC1. The van der Waals surface area contributed by atoms with Gasteiger partial charge in [0.05, 0.1) is 15.7 Å². The van der Waals surface area contributed by atoms with Crippen molar-refractivity contribution >= 4 is 26.3 Å². The second kappa shape index (κ2) is 7.37. The molecule has 0 spiro atoms. The second-order valence-corrected chi connectivity index (χ2v) is 9.48. The first-order valence-electron chi connectivity index (χ1n) is 9.41. The third kappa shape index (κ3) is 3.83. The number of halogens is 3. The average molecular weight is 419 g/mol. The molecule has 0 saturated carbocycles. The van der Waals surface area contributed by atoms with Crippen molar-refractivity contribution in [2.45, 2.75) is 29.2 Å². The van der Waals surface area contributed by atoms with Crippen LogP contribution in [0.25, 0.3) is 10.8 Å². The van der Waals surface area contributed by atoms with Crippen LogP contribution in [0.15, 0.2) is 71.6 Å². The Morgan fingerprint density at radius 3 is 2.14 bits per heavy atom. The van der Waals surface area contributed by atoms with Crippen LogP contribution in [-0.4, -0.2) is 26.8 Å². The number of hydrogen-bond acceptors (Lipinski definition) is 3. The Balaban J connectivity index is 1.55. The van der Waals surface area contributed by atoms with Gasteiger partial charge in [-0.1, -0.05) is 42.5 Å². The van der Waals surface area contributed by atoms with Gasteiger partial charge in [-0.2, -0.15) is 13.2 Å². The first-order chi connectivity index (χ1) is 13.8. The number of nitrogens with zero attached hydrogens (tertiary/aromatic N) is 1. The fraction of sp³-hybridized carbons (Fsp3) is 0.273. The zero-order chi connectivity index (χ0) is 20.6. The normalized spacial score (nSPS) is 16.3. The van der Waals surface area contributed by atoms with Crippen molar-refractivity contribution in [3.63, 3.8) is 0 Å². The smallest absolute Gasteiger partial charge is 0.371 e. The van der Waals surface area contributed by atoms with E-state index in [-0.39, 0.29) is 23.7 Å². The van der Waals surface area contributed by atoms with Crippen molar-refractivity contribution in [1.82, 2.24) is 0 Å². The van der Waals surface area contributed by atoms with E-state index in [1.54, 1.807) is 29.2 Å². The molecule has 0 aliphatic carbocycles. The van der Waals surface area contributed by atoms with Gasteiger partial charge in [0.15, 0.2) is 9.84 Å². The van der Waals surface area contributed by atoms with Crippen LogP contribution in [0.3, 0.4) is 0 Å². The molecule has 3 aromatic rings. The highest BCUT2D eigenvalue weighted by Crippen LogP contribution is 2.38. The minimum atomic E-state index is -4.44. The van der Waals surface area contributed by atoms with E-state index in [4.69, 9.17) is 0 Å². The Morgan fingerprint density at radius 2 is 1.45 bits per heavy atom. The van der Waals surface area contributed by atoms with Gasteiger partial charge in [-0.05, 0) is 47.9 Å². The standard InChI is InChI=1S/C22H20F3NO2S/c23-22(24,25)20-7-3-4-8-21(20)26-13-11-18(12-14-26)29(27,28)19-10-9-16-5-1-2-6-17(16)15-19/h1-10,15,18H,11-14H2. The molecule has 0 aromatic heterocycles. The molecule has 29 heavy (non-hydrogen) atoms. The van der Waals surface area contributed by atoms with Crippen molar-refractivity contribution in [3.05, 3.63) is 72.3 Å². The first kappa shape index (κ1) is 19.8. The Bertz CT molecular complexity index is 1130. The third-order valence-corrected chi connectivity index (χ3v) is 7.74. The van der Waals surface area contributed by atoms with E-state index in [0.717, 1.165) is 16.8 Å². The van der Waals surface area contributed by atoms with Crippen molar-refractivity contribution in [2.24, 2.45) is 0 Å². The van der Waals surface area contributed by atoms with Crippen LogP contribution >= 0.6 is 0 Å². The molecule has 1 heterocycles. The number of piperidine rings is 1. The van der Waals surface area contributed by atoms with Crippen molar-refractivity contribution in [2.75, 3.05) is 18.0 Å². The van der Waals surface area contributed by atoms with E-state index in [9.17, 15) is 21.6 Å². The fourth-order valence-corrected chi connectivity index (χ4v) is 5.70. The topological polar surface area (TPSA) is 37.4 Å². The summed E-state index contributed by atoms with van der Waals surface area (Å²) in [4.78, 5) is 1.90. The lowest BCUT2D eigenvalue weighted by Gasteiger charge is -2.34. The summed E-state index contributed by atoms with van der Waals surface area (Å²) in [5.41, 5.74) is -0.572. The summed E-state index contributed by atoms with van der Waals surface area (Å²) in [5.74, 6) is 0. The maximum Gasteiger partial charge on any atom is 0.418 e. The number of alkyl halides is 3. The lowest BCUT2D eigenvalue weighted by atomic mass is 10.1. The summed E-state index contributed by atoms with van der Waals surface area (Å²) in [6.45, 7) is 0.537. The molecule has 0 atom stereocenters. The molecule has 0 N–H and O–H groups in total. The molecule has 3 aromatic carbocycles. The van der Waals surface area contributed by atoms with Crippen LogP contribution in [0.4, 0.5) is 18.9 Å². The van der Waals surface area contributed by atoms with Crippen LogP contribution in [0.5, 0.6) is 0 Å². The fourth-order valence-electron chi connectivity index (χ4n) is 3.93. The zero-order valence-corrected chi connectivity index (χ0v) is 16.4. The molecule has 0 bridgehead atoms. The molecule has 1 aliphatic heterocycles. The van der Waals surface area contributed by atoms with Crippen LogP contribution in [-0.2, 0) is 16.0 Å². The highest BCUT2D eigenvalue weighted by Gasteiger charge is 2.37. The number of anilines is 1. The lowest BCUT2D eigenvalue weighted by molar-refractivity contribution is -0.137. The minimum absolute atomic E-state index is 0.113. The van der Waals surface area contributed by atoms with E-state index >= 15 is 0 Å². The predicted molar refractivity (Wildman–Crippen MR) is 108 cm³/mol. The summed E-state index contributed by atoms with van der Waals surface area (Å²) in [5, 5.41) is 1.22. The monoisotopic (exact) mass is 419 g/mol. The maximum atomic E-state index is 13.3. The van der Waals surface area contributed by atoms with Crippen LogP contribution in [0.2, 0.25) is 0 Å². The number of sulfone groups is 1. The molecule has 4 rings (SSSR count). The van der Waals surface area contributed by atoms with Gasteiger partial charge >= 0.3 is 6.18 Å². The number of para-hydroxylation sites is 1.